The van der Waals surface area contributed by atoms with Gasteiger partial charge in [-0.2, -0.15) is 0 Å². The number of ether oxygens (including phenoxy) is 1. The molecule has 0 radical (unpaired) electrons. The second-order valence-corrected chi connectivity index (χ2v) is 4.15. The van der Waals surface area contributed by atoms with Crippen LogP contribution in [0.3, 0.4) is 0 Å². The number of carbonyl (C=O) groups is 1. The van der Waals surface area contributed by atoms with Gasteiger partial charge >= 0.3 is 0 Å². The largest absolute Gasteiger partial charge is 0.482 e. The van der Waals surface area contributed by atoms with Crippen LogP contribution in [0.5, 0.6) is 5.75 Å². The quantitative estimate of drug-likeness (QED) is 0.937. The minimum Gasteiger partial charge on any atom is -0.482 e. The van der Waals surface area contributed by atoms with Crippen LogP contribution in [-0.2, 0) is 4.79 Å². The van der Waals surface area contributed by atoms with E-state index in [0.717, 1.165) is 6.07 Å². The van der Waals surface area contributed by atoms with E-state index in [2.05, 4.69) is 10.5 Å². The maximum Gasteiger partial charge on any atom is 0.264 e. The standard InChI is InChI=1S/C12H10ClFN2O3/c1-7-4-12(19-16-7)15-11(17)6-18-10-3-2-8(14)5-9(10)13/h2-5H,6H2,1H3,(H,15,17). The Morgan fingerprint density at radius 1 is 1.53 bits per heavy atom. The molecule has 1 aromatic heterocycles. The van der Waals surface area contributed by atoms with E-state index in [1.54, 1.807) is 13.0 Å². The minimum atomic E-state index is -0.473. The maximum absolute atomic E-state index is 12.8. The summed E-state index contributed by atoms with van der Waals surface area (Å²) in [6.07, 6.45) is 0. The molecule has 0 saturated carbocycles. The average Bonchev–Trinajstić information content (AvgIpc) is 2.73. The van der Waals surface area contributed by atoms with Crippen molar-refractivity contribution in [3.8, 4) is 5.75 Å². The van der Waals surface area contributed by atoms with E-state index in [1.807, 2.05) is 0 Å². The molecule has 0 aliphatic heterocycles. The topological polar surface area (TPSA) is 64.4 Å². The van der Waals surface area contributed by atoms with Crippen LogP contribution in [0.4, 0.5) is 10.3 Å². The molecule has 0 saturated heterocycles. The first-order valence-electron chi connectivity index (χ1n) is 5.35. The van der Waals surface area contributed by atoms with Crippen LogP contribution < -0.4 is 10.1 Å². The van der Waals surface area contributed by atoms with E-state index < -0.39 is 11.7 Å². The fraction of sp³-hybridized carbons (Fsp3) is 0.167. The molecule has 2 rings (SSSR count). The smallest absolute Gasteiger partial charge is 0.264 e. The predicted molar refractivity (Wildman–Crippen MR) is 66.8 cm³/mol. The summed E-state index contributed by atoms with van der Waals surface area (Å²) in [4.78, 5) is 11.5. The number of carbonyl (C=O) groups excluding carboxylic acids is 1. The molecule has 0 bridgehead atoms. The number of anilines is 1. The number of nitrogens with one attached hydrogen (secondary N) is 1. The van der Waals surface area contributed by atoms with Gasteiger partial charge in [0.2, 0.25) is 5.88 Å². The molecule has 2 aromatic rings. The number of hydrogen-bond donors (Lipinski definition) is 1. The molecule has 1 amide bonds. The third-order valence-corrected chi connectivity index (χ3v) is 2.44. The van der Waals surface area contributed by atoms with Gasteiger partial charge in [0.1, 0.15) is 11.6 Å². The Morgan fingerprint density at radius 3 is 2.95 bits per heavy atom. The SMILES string of the molecule is Cc1cc(NC(=O)COc2ccc(F)cc2Cl)on1. The minimum absolute atomic E-state index is 0.100. The Bertz CT molecular complexity index is 600. The molecular weight excluding hydrogens is 275 g/mol. The van der Waals surface area contributed by atoms with Gasteiger partial charge in [-0.3, -0.25) is 10.1 Å². The van der Waals surface area contributed by atoms with Gasteiger partial charge in [-0.25, -0.2) is 4.39 Å². The fourth-order valence-corrected chi connectivity index (χ4v) is 1.55. The number of aromatic nitrogens is 1. The average molecular weight is 285 g/mol. The van der Waals surface area contributed by atoms with Crippen molar-refractivity contribution in [2.24, 2.45) is 0 Å². The molecule has 19 heavy (non-hydrogen) atoms. The normalized spacial score (nSPS) is 10.3. The number of hydrogen-bond acceptors (Lipinski definition) is 4. The van der Waals surface area contributed by atoms with Crippen molar-refractivity contribution in [1.29, 1.82) is 0 Å². The number of nitrogens with zero attached hydrogens (tertiary/aromatic N) is 1. The number of halogens is 2. The molecule has 0 atom stereocenters. The molecule has 0 aliphatic rings. The molecule has 0 aliphatic carbocycles. The number of amides is 1. The summed E-state index contributed by atoms with van der Waals surface area (Å²) in [6.45, 7) is 1.46. The van der Waals surface area contributed by atoms with Crippen LogP contribution in [0.1, 0.15) is 5.69 Å². The van der Waals surface area contributed by atoms with Crippen LogP contribution in [0.25, 0.3) is 0 Å². The van der Waals surface area contributed by atoms with Crippen LogP contribution in [-0.4, -0.2) is 17.7 Å². The summed E-state index contributed by atoms with van der Waals surface area (Å²) in [5.41, 5.74) is 0.651. The molecule has 0 spiro atoms. The van der Waals surface area contributed by atoms with Crippen molar-refractivity contribution >= 4 is 23.4 Å². The van der Waals surface area contributed by atoms with Gasteiger partial charge in [-0.05, 0) is 25.1 Å². The van der Waals surface area contributed by atoms with Crippen LogP contribution in [0.15, 0.2) is 28.8 Å². The molecule has 1 aromatic carbocycles. The number of benzene rings is 1. The van der Waals surface area contributed by atoms with E-state index in [-0.39, 0.29) is 23.3 Å². The summed E-state index contributed by atoms with van der Waals surface area (Å²) >= 11 is 5.75. The lowest BCUT2D eigenvalue weighted by atomic mass is 10.3. The van der Waals surface area contributed by atoms with Crippen molar-refractivity contribution in [2.75, 3.05) is 11.9 Å². The Morgan fingerprint density at radius 2 is 2.32 bits per heavy atom. The molecule has 0 unspecified atom stereocenters. The lowest BCUT2D eigenvalue weighted by molar-refractivity contribution is -0.118. The third kappa shape index (κ3) is 3.69. The third-order valence-electron chi connectivity index (χ3n) is 2.14. The van der Waals surface area contributed by atoms with Gasteiger partial charge in [0.05, 0.1) is 10.7 Å². The second-order valence-electron chi connectivity index (χ2n) is 3.74. The highest BCUT2D eigenvalue weighted by molar-refractivity contribution is 6.32. The van der Waals surface area contributed by atoms with Gasteiger partial charge < -0.3 is 9.26 Å². The van der Waals surface area contributed by atoms with Gasteiger partial charge in [0.25, 0.3) is 5.91 Å². The first-order chi connectivity index (χ1) is 9.04. The van der Waals surface area contributed by atoms with Crippen LogP contribution in [0, 0.1) is 12.7 Å². The van der Waals surface area contributed by atoms with E-state index in [1.165, 1.54) is 12.1 Å². The van der Waals surface area contributed by atoms with Crippen LogP contribution >= 0.6 is 11.6 Å². The number of aryl methyl sites for hydroxylation is 1. The summed E-state index contributed by atoms with van der Waals surface area (Å²) in [5, 5.41) is 6.17. The van der Waals surface area contributed by atoms with Crippen LogP contribution in [0.2, 0.25) is 5.02 Å². The highest BCUT2D eigenvalue weighted by Gasteiger charge is 2.09. The van der Waals surface area contributed by atoms with E-state index in [4.69, 9.17) is 20.9 Å². The fourth-order valence-electron chi connectivity index (χ4n) is 1.33. The van der Waals surface area contributed by atoms with Crippen molar-refractivity contribution in [3.63, 3.8) is 0 Å². The Hall–Kier alpha value is -2.08. The van der Waals surface area contributed by atoms with Crippen molar-refractivity contribution < 1.29 is 18.4 Å². The molecule has 0 fully saturated rings. The van der Waals surface area contributed by atoms with Gasteiger partial charge in [-0.15, -0.1) is 0 Å². The first-order valence-corrected chi connectivity index (χ1v) is 5.73. The maximum atomic E-state index is 12.8. The van der Waals surface area contributed by atoms with Gasteiger partial charge in [0.15, 0.2) is 6.61 Å². The summed E-state index contributed by atoms with van der Waals surface area (Å²) in [5.74, 6) is -0.446. The van der Waals surface area contributed by atoms with Crippen molar-refractivity contribution in [1.82, 2.24) is 5.16 Å². The highest BCUT2D eigenvalue weighted by atomic mass is 35.5. The Balaban J connectivity index is 1.89. The summed E-state index contributed by atoms with van der Waals surface area (Å²) in [6, 6.07) is 5.22. The Labute approximate surface area is 113 Å². The monoisotopic (exact) mass is 284 g/mol. The molecule has 7 heteroatoms. The van der Waals surface area contributed by atoms with Crippen molar-refractivity contribution in [3.05, 3.63) is 40.8 Å². The van der Waals surface area contributed by atoms with Gasteiger partial charge in [-0.1, -0.05) is 16.8 Å². The molecule has 1 heterocycles. The molecular formula is C12H10ClFN2O3. The predicted octanol–water partition coefficient (Wildman–Crippen LogP) is 2.79. The Kier molecular flexibility index (Phi) is 4.01. The van der Waals surface area contributed by atoms with Crippen molar-refractivity contribution in [2.45, 2.75) is 6.92 Å². The zero-order chi connectivity index (χ0) is 13.8. The number of rotatable bonds is 4. The van der Waals surface area contributed by atoms with E-state index in [0.29, 0.717) is 5.69 Å². The summed E-state index contributed by atoms with van der Waals surface area (Å²) < 4.78 is 22.8. The van der Waals surface area contributed by atoms with Gasteiger partial charge in [0, 0.05) is 6.07 Å². The lowest BCUT2D eigenvalue weighted by Gasteiger charge is -2.07. The zero-order valence-corrected chi connectivity index (χ0v) is 10.7. The highest BCUT2D eigenvalue weighted by Crippen LogP contribution is 2.24. The second kappa shape index (κ2) is 5.71. The molecule has 5 nitrogen and oxygen atoms in total. The summed E-state index contributed by atoms with van der Waals surface area (Å²) in [7, 11) is 0. The zero-order valence-electron chi connectivity index (χ0n) is 9.94. The van der Waals surface area contributed by atoms with E-state index in [9.17, 15) is 9.18 Å². The molecule has 1 N–H and O–H groups in total. The van der Waals surface area contributed by atoms with E-state index >= 15 is 0 Å². The first kappa shape index (κ1) is 13.4. The molecule has 100 valence electrons. The lowest BCUT2D eigenvalue weighted by Crippen LogP contribution is -2.19.